The summed E-state index contributed by atoms with van der Waals surface area (Å²) >= 11 is 0. The second-order valence-corrected chi connectivity index (χ2v) is 5.74. The van der Waals surface area contributed by atoms with E-state index in [2.05, 4.69) is 17.4 Å². The summed E-state index contributed by atoms with van der Waals surface area (Å²) in [7, 11) is 0. The van der Waals surface area contributed by atoms with Crippen LogP contribution in [0.2, 0.25) is 0 Å². The molecule has 0 aliphatic rings. The van der Waals surface area contributed by atoms with Crippen LogP contribution in [0.1, 0.15) is 18.1 Å². The number of aromatic nitrogens is 1. The lowest BCUT2D eigenvalue weighted by molar-refractivity contribution is -0.385. The second kappa shape index (κ2) is 7.60. The Labute approximate surface area is 149 Å². The Morgan fingerprint density at radius 3 is 2.62 bits per heavy atom. The highest BCUT2D eigenvalue weighted by Gasteiger charge is 2.17. The SMILES string of the molecule is CCc1ccc(-c2cc(NC(=O)Cc3ccccc3[N+](=O)[O-])on2)cc1. The smallest absolute Gasteiger partial charge is 0.273 e. The van der Waals surface area contributed by atoms with E-state index in [1.807, 2.05) is 24.3 Å². The van der Waals surface area contributed by atoms with Crippen molar-refractivity contribution in [2.45, 2.75) is 19.8 Å². The third kappa shape index (κ3) is 3.94. The van der Waals surface area contributed by atoms with Gasteiger partial charge in [0.15, 0.2) is 0 Å². The Morgan fingerprint density at radius 2 is 1.92 bits per heavy atom. The first-order valence-corrected chi connectivity index (χ1v) is 8.15. The average molecular weight is 351 g/mol. The molecule has 0 saturated carbocycles. The number of nitro benzene ring substituents is 1. The largest absolute Gasteiger partial charge is 0.338 e. The molecule has 0 atom stereocenters. The van der Waals surface area contributed by atoms with Crippen molar-refractivity contribution in [1.82, 2.24) is 5.16 Å². The number of nitrogens with one attached hydrogen (secondary N) is 1. The molecule has 3 aromatic rings. The van der Waals surface area contributed by atoms with Crippen molar-refractivity contribution in [1.29, 1.82) is 0 Å². The van der Waals surface area contributed by atoms with Gasteiger partial charge in [0, 0.05) is 23.3 Å². The third-order valence-corrected chi connectivity index (χ3v) is 3.97. The van der Waals surface area contributed by atoms with E-state index in [-0.39, 0.29) is 18.0 Å². The number of aryl methyl sites for hydroxylation is 1. The van der Waals surface area contributed by atoms with E-state index in [1.54, 1.807) is 24.3 Å². The number of amides is 1. The number of nitro groups is 1. The number of carbonyl (C=O) groups is 1. The van der Waals surface area contributed by atoms with Gasteiger partial charge in [-0.2, -0.15) is 0 Å². The molecule has 0 aliphatic heterocycles. The molecule has 0 saturated heterocycles. The van der Waals surface area contributed by atoms with Gasteiger partial charge in [-0.15, -0.1) is 0 Å². The Kier molecular flexibility index (Phi) is 5.07. The highest BCUT2D eigenvalue weighted by Crippen LogP contribution is 2.23. The summed E-state index contributed by atoms with van der Waals surface area (Å²) in [5, 5.41) is 17.5. The Morgan fingerprint density at radius 1 is 1.19 bits per heavy atom. The fourth-order valence-corrected chi connectivity index (χ4v) is 2.57. The predicted molar refractivity (Wildman–Crippen MR) is 96.7 cm³/mol. The van der Waals surface area contributed by atoms with Crippen molar-refractivity contribution < 1.29 is 14.2 Å². The first kappa shape index (κ1) is 17.3. The van der Waals surface area contributed by atoms with E-state index in [4.69, 9.17) is 4.52 Å². The van der Waals surface area contributed by atoms with Crippen LogP contribution in [0.15, 0.2) is 59.1 Å². The lowest BCUT2D eigenvalue weighted by Gasteiger charge is -2.02. The van der Waals surface area contributed by atoms with Crippen LogP contribution < -0.4 is 5.32 Å². The number of rotatable bonds is 6. The molecule has 1 aromatic heterocycles. The zero-order valence-electron chi connectivity index (χ0n) is 14.1. The zero-order chi connectivity index (χ0) is 18.5. The standard InChI is InChI=1S/C19H17N3O4/c1-2-13-7-9-14(10-8-13)16-12-19(26-21-16)20-18(23)11-15-5-3-4-6-17(15)22(24)25/h3-10,12H,2,11H2,1H3,(H,20,23). The Hall–Kier alpha value is -3.48. The van der Waals surface area contributed by atoms with Gasteiger partial charge in [-0.25, -0.2) is 0 Å². The highest BCUT2D eigenvalue weighted by molar-refractivity contribution is 5.92. The molecular formula is C19H17N3O4. The van der Waals surface area contributed by atoms with Crippen LogP contribution >= 0.6 is 0 Å². The van der Waals surface area contributed by atoms with Gasteiger partial charge in [-0.3, -0.25) is 20.2 Å². The summed E-state index contributed by atoms with van der Waals surface area (Å²) in [5.74, 6) is -0.216. The number of nitrogens with zero attached hydrogens (tertiary/aromatic N) is 2. The molecule has 26 heavy (non-hydrogen) atoms. The summed E-state index contributed by atoms with van der Waals surface area (Å²) in [6.07, 6.45) is 0.824. The van der Waals surface area contributed by atoms with Gasteiger partial charge >= 0.3 is 0 Å². The molecule has 7 heteroatoms. The van der Waals surface area contributed by atoms with Gasteiger partial charge in [-0.1, -0.05) is 54.5 Å². The van der Waals surface area contributed by atoms with E-state index in [1.165, 1.54) is 11.6 Å². The Bertz CT molecular complexity index is 932. The first-order chi connectivity index (χ1) is 12.6. The fourth-order valence-electron chi connectivity index (χ4n) is 2.57. The number of carbonyl (C=O) groups excluding carboxylic acids is 1. The number of para-hydroxylation sites is 1. The van der Waals surface area contributed by atoms with E-state index in [0.29, 0.717) is 11.3 Å². The number of hydrogen-bond acceptors (Lipinski definition) is 5. The quantitative estimate of drug-likeness (QED) is 0.535. The van der Waals surface area contributed by atoms with Gasteiger partial charge < -0.3 is 4.52 Å². The third-order valence-electron chi connectivity index (χ3n) is 3.97. The van der Waals surface area contributed by atoms with Crippen LogP contribution in [0, 0.1) is 10.1 Å². The lowest BCUT2D eigenvalue weighted by Crippen LogP contribution is -2.14. The maximum absolute atomic E-state index is 12.2. The van der Waals surface area contributed by atoms with Gasteiger partial charge in [-0.05, 0) is 12.0 Å². The van der Waals surface area contributed by atoms with E-state index >= 15 is 0 Å². The summed E-state index contributed by atoms with van der Waals surface area (Å²) < 4.78 is 5.15. The molecule has 0 radical (unpaired) electrons. The average Bonchev–Trinajstić information content (AvgIpc) is 3.10. The topological polar surface area (TPSA) is 98.3 Å². The van der Waals surface area contributed by atoms with E-state index in [0.717, 1.165) is 12.0 Å². The molecule has 0 spiro atoms. The monoisotopic (exact) mass is 351 g/mol. The normalized spacial score (nSPS) is 10.5. The zero-order valence-corrected chi connectivity index (χ0v) is 14.1. The van der Waals surface area contributed by atoms with Crippen LogP contribution in [-0.2, 0) is 17.6 Å². The summed E-state index contributed by atoms with van der Waals surface area (Å²) in [6.45, 7) is 2.08. The van der Waals surface area contributed by atoms with E-state index in [9.17, 15) is 14.9 Å². The van der Waals surface area contributed by atoms with Crippen molar-refractivity contribution in [3.63, 3.8) is 0 Å². The molecule has 1 amide bonds. The molecule has 2 aromatic carbocycles. The molecule has 0 bridgehead atoms. The first-order valence-electron chi connectivity index (χ1n) is 8.15. The maximum Gasteiger partial charge on any atom is 0.273 e. The van der Waals surface area contributed by atoms with Crippen LogP contribution in [0.4, 0.5) is 11.6 Å². The second-order valence-electron chi connectivity index (χ2n) is 5.74. The summed E-state index contributed by atoms with van der Waals surface area (Å²) in [5.41, 5.74) is 2.95. The van der Waals surface area contributed by atoms with Gasteiger partial charge in [0.2, 0.25) is 11.8 Å². The number of anilines is 1. The van der Waals surface area contributed by atoms with Crippen LogP contribution in [-0.4, -0.2) is 16.0 Å². The molecule has 132 valence electrons. The van der Waals surface area contributed by atoms with Crippen molar-refractivity contribution >= 4 is 17.5 Å². The number of benzene rings is 2. The van der Waals surface area contributed by atoms with Crippen LogP contribution in [0.3, 0.4) is 0 Å². The molecule has 0 fully saturated rings. The van der Waals surface area contributed by atoms with Crippen molar-refractivity contribution in [2.24, 2.45) is 0 Å². The van der Waals surface area contributed by atoms with E-state index < -0.39 is 10.8 Å². The van der Waals surface area contributed by atoms with Crippen molar-refractivity contribution in [3.05, 3.63) is 75.8 Å². The van der Waals surface area contributed by atoms with Crippen molar-refractivity contribution in [2.75, 3.05) is 5.32 Å². The minimum atomic E-state index is -0.505. The Balaban J connectivity index is 1.69. The van der Waals surface area contributed by atoms with Crippen LogP contribution in [0.5, 0.6) is 0 Å². The molecule has 1 N–H and O–H groups in total. The minimum absolute atomic E-state index is 0.0862. The summed E-state index contributed by atoms with van der Waals surface area (Å²) in [4.78, 5) is 22.7. The van der Waals surface area contributed by atoms with Gasteiger partial charge in [0.05, 0.1) is 11.3 Å². The molecule has 1 heterocycles. The molecule has 0 unspecified atom stereocenters. The molecule has 3 rings (SSSR count). The van der Waals surface area contributed by atoms with Crippen molar-refractivity contribution in [3.8, 4) is 11.3 Å². The fraction of sp³-hybridized carbons (Fsp3) is 0.158. The molecule has 0 aliphatic carbocycles. The van der Waals surface area contributed by atoms with Gasteiger partial charge in [0.25, 0.3) is 5.69 Å². The summed E-state index contributed by atoms with van der Waals surface area (Å²) in [6, 6.07) is 15.7. The minimum Gasteiger partial charge on any atom is -0.338 e. The van der Waals surface area contributed by atoms with Crippen LogP contribution in [0.25, 0.3) is 11.3 Å². The molecular weight excluding hydrogens is 334 g/mol. The maximum atomic E-state index is 12.2. The predicted octanol–water partition coefficient (Wildman–Crippen LogP) is 3.99. The van der Waals surface area contributed by atoms with Gasteiger partial charge in [0.1, 0.15) is 5.69 Å². The molecule has 7 nitrogen and oxygen atoms in total. The number of hydrogen-bond donors (Lipinski definition) is 1. The highest BCUT2D eigenvalue weighted by atomic mass is 16.6. The lowest BCUT2D eigenvalue weighted by atomic mass is 10.1.